The standard InChI is InChI=1S/C12H9N3O4S/c16-12(17)10-6-9(15(18)19)11(20-10)14-13-7-8-4-2-1-3-5-8/h1-7,14H,(H,16,17). The molecular formula is C12H9N3O4S. The van der Waals surface area contributed by atoms with Gasteiger partial charge in [0.15, 0.2) is 5.00 Å². The van der Waals surface area contributed by atoms with Crippen molar-refractivity contribution >= 4 is 34.2 Å². The second-order valence-corrected chi connectivity index (χ2v) is 4.72. The lowest BCUT2D eigenvalue weighted by atomic mass is 10.2. The van der Waals surface area contributed by atoms with Crippen LogP contribution in [0.25, 0.3) is 0 Å². The van der Waals surface area contributed by atoms with E-state index < -0.39 is 10.9 Å². The summed E-state index contributed by atoms with van der Waals surface area (Å²) < 4.78 is 0. The summed E-state index contributed by atoms with van der Waals surface area (Å²) in [6, 6.07) is 10.2. The minimum Gasteiger partial charge on any atom is -0.477 e. The molecule has 0 aliphatic carbocycles. The number of hydrazone groups is 1. The summed E-state index contributed by atoms with van der Waals surface area (Å²) in [5.74, 6) is -1.21. The SMILES string of the molecule is O=C(O)c1cc([N+](=O)[O-])c(NN=Cc2ccccc2)s1. The maximum atomic E-state index is 10.8. The Hall–Kier alpha value is -2.74. The molecule has 2 N–H and O–H groups in total. The van der Waals surface area contributed by atoms with Gasteiger partial charge >= 0.3 is 11.7 Å². The Bertz CT molecular complexity index is 667. The smallest absolute Gasteiger partial charge is 0.346 e. The number of hydrogen-bond acceptors (Lipinski definition) is 6. The van der Waals surface area contributed by atoms with Crippen molar-refractivity contribution < 1.29 is 14.8 Å². The number of carbonyl (C=O) groups is 1. The molecule has 0 aliphatic rings. The Morgan fingerprint density at radius 2 is 2.10 bits per heavy atom. The summed E-state index contributed by atoms with van der Waals surface area (Å²) in [5, 5.41) is 23.6. The van der Waals surface area contributed by atoms with Crippen molar-refractivity contribution in [3.63, 3.8) is 0 Å². The van der Waals surface area contributed by atoms with E-state index in [9.17, 15) is 14.9 Å². The number of nitrogens with one attached hydrogen (secondary N) is 1. The summed E-state index contributed by atoms with van der Waals surface area (Å²) in [6.07, 6.45) is 1.49. The predicted molar refractivity (Wildman–Crippen MR) is 75.6 cm³/mol. The van der Waals surface area contributed by atoms with Gasteiger partial charge in [-0.25, -0.2) is 4.79 Å². The van der Waals surface area contributed by atoms with Crippen LogP contribution in [0.4, 0.5) is 10.7 Å². The Morgan fingerprint density at radius 1 is 1.40 bits per heavy atom. The highest BCUT2D eigenvalue weighted by atomic mass is 32.1. The number of aromatic carboxylic acids is 1. The molecule has 0 spiro atoms. The molecule has 0 saturated carbocycles. The maximum absolute atomic E-state index is 10.8. The number of carboxylic acids is 1. The van der Waals surface area contributed by atoms with Gasteiger partial charge in [0.25, 0.3) is 0 Å². The van der Waals surface area contributed by atoms with Crippen molar-refractivity contribution in [2.45, 2.75) is 0 Å². The zero-order chi connectivity index (χ0) is 14.5. The average Bonchev–Trinajstić information content (AvgIpc) is 2.84. The maximum Gasteiger partial charge on any atom is 0.346 e. The highest BCUT2D eigenvalue weighted by molar-refractivity contribution is 7.18. The fourth-order valence-electron chi connectivity index (χ4n) is 1.41. The second kappa shape index (κ2) is 5.93. The van der Waals surface area contributed by atoms with Crippen molar-refractivity contribution in [3.8, 4) is 0 Å². The topological polar surface area (TPSA) is 105 Å². The van der Waals surface area contributed by atoms with E-state index >= 15 is 0 Å². The molecule has 0 amide bonds. The minimum atomic E-state index is -1.21. The summed E-state index contributed by atoms with van der Waals surface area (Å²) >= 11 is 0.765. The van der Waals surface area contributed by atoms with Crippen molar-refractivity contribution in [1.29, 1.82) is 0 Å². The van der Waals surface area contributed by atoms with Crippen LogP contribution in [-0.2, 0) is 0 Å². The van der Waals surface area contributed by atoms with Crippen molar-refractivity contribution in [1.82, 2.24) is 0 Å². The lowest BCUT2D eigenvalue weighted by molar-refractivity contribution is -0.383. The second-order valence-electron chi connectivity index (χ2n) is 3.67. The van der Waals surface area contributed by atoms with E-state index in [0.717, 1.165) is 23.0 Å². The molecule has 102 valence electrons. The number of nitrogens with zero attached hydrogens (tertiary/aromatic N) is 2. The monoisotopic (exact) mass is 291 g/mol. The molecule has 1 heterocycles. The highest BCUT2D eigenvalue weighted by Gasteiger charge is 2.21. The van der Waals surface area contributed by atoms with Gasteiger partial charge in [0.1, 0.15) is 4.88 Å². The molecule has 2 rings (SSSR count). The fourth-order valence-corrected chi connectivity index (χ4v) is 2.22. The van der Waals surface area contributed by atoms with Gasteiger partial charge in [0.05, 0.1) is 11.1 Å². The summed E-state index contributed by atoms with van der Waals surface area (Å²) in [6.45, 7) is 0. The van der Waals surface area contributed by atoms with E-state index in [4.69, 9.17) is 5.11 Å². The molecule has 7 nitrogen and oxygen atoms in total. The van der Waals surface area contributed by atoms with Gasteiger partial charge in [-0.2, -0.15) is 5.10 Å². The lowest BCUT2D eigenvalue weighted by Gasteiger charge is -1.95. The molecule has 1 aromatic heterocycles. The molecule has 0 fully saturated rings. The van der Waals surface area contributed by atoms with Gasteiger partial charge < -0.3 is 5.11 Å². The van der Waals surface area contributed by atoms with Crippen LogP contribution in [0.3, 0.4) is 0 Å². The first-order chi connectivity index (χ1) is 9.58. The molecule has 0 aliphatic heterocycles. The first-order valence-electron chi connectivity index (χ1n) is 5.43. The third kappa shape index (κ3) is 3.18. The molecule has 0 atom stereocenters. The molecule has 1 aromatic carbocycles. The van der Waals surface area contributed by atoms with Crippen LogP contribution in [0.2, 0.25) is 0 Å². The third-order valence-corrected chi connectivity index (χ3v) is 3.32. The van der Waals surface area contributed by atoms with E-state index in [0.29, 0.717) is 0 Å². The van der Waals surface area contributed by atoms with E-state index in [-0.39, 0.29) is 15.6 Å². The number of nitro groups is 1. The molecule has 2 aromatic rings. The number of carboxylic acid groups (broad SMARTS) is 1. The van der Waals surface area contributed by atoms with Gasteiger partial charge in [0.2, 0.25) is 0 Å². The Labute approximate surface area is 117 Å². The largest absolute Gasteiger partial charge is 0.477 e. The molecule has 20 heavy (non-hydrogen) atoms. The number of anilines is 1. The van der Waals surface area contributed by atoms with Crippen LogP contribution in [0.5, 0.6) is 0 Å². The van der Waals surface area contributed by atoms with Crippen LogP contribution in [-0.4, -0.2) is 22.2 Å². The van der Waals surface area contributed by atoms with Gasteiger partial charge in [-0.15, -0.1) is 11.3 Å². The van der Waals surface area contributed by atoms with E-state index in [2.05, 4.69) is 10.5 Å². The summed E-state index contributed by atoms with van der Waals surface area (Å²) in [5.41, 5.74) is 3.01. The zero-order valence-corrected chi connectivity index (χ0v) is 10.8. The predicted octanol–water partition coefficient (Wildman–Crippen LogP) is 2.80. The number of rotatable bonds is 5. The van der Waals surface area contributed by atoms with Crippen LogP contribution in [0, 0.1) is 10.1 Å². The van der Waals surface area contributed by atoms with E-state index in [1.54, 1.807) is 0 Å². The average molecular weight is 291 g/mol. The van der Waals surface area contributed by atoms with Gasteiger partial charge in [-0.1, -0.05) is 30.3 Å². The number of thiophene rings is 1. The molecular weight excluding hydrogens is 282 g/mol. The van der Waals surface area contributed by atoms with Crippen LogP contribution in [0.15, 0.2) is 41.5 Å². The van der Waals surface area contributed by atoms with Crippen molar-refractivity contribution in [3.05, 3.63) is 57.0 Å². The first-order valence-corrected chi connectivity index (χ1v) is 6.25. The summed E-state index contributed by atoms with van der Waals surface area (Å²) in [7, 11) is 0. The third-order valence-electron chi connectivity index (χ3n) is 2.30. The minimum absolute atomic E-state index is 0.0829. The molecule has 0 bridgehead atoms. The van der Waals surface area contributed by atoms with Gasteiger partial charge in [-0.3, -0.25) is 15.5 Å². The van der Waals surface area contributed by atoms with Gasteiger partial charge in [-0.05, 0) is 5.56 Å². The first kappa shape index (κ1) is 13.7. The zero-order valence-electron chi connectivity index (χ0n) is 10.0. The molecule has 8 heteroatoms. The molecule has 0 saturated heterocycles. The number of benzene rings is 1. The normalized spacial score (nSPS) is 10.6. The van der Waals surface area contributed by atoms with Crippen LogP contribution < -0.4 is 5.43 Å². The Morgan fingerprint density at radius 3 is 2.70 bits per heavy atom. The highest BCUT2D eigenvalue weighted by Crippen LogP contribution is 2.34. The Balaban J connectivity index is 2.18. The van der Waals surface area contributed by atoms with Crippen LogP contribution >= 0.6 is 11.3 Å². The number of hydrogen-bond donors (Lipinski definition) is 2. The van der Waals surface area contributed by atoms with Crippen molar-refractivity contribution in [2.75, 3.05) is 5.43 Å². The lowest BCUT2D eigenvalue weighted by Crippen LogP contribution is -1.93. The quantitative estimate of drug-likeness (QED) is 0.500. The Kier molecular flexibility index (Phi) is 4.06. The van der Waals surface area contributed by atoms with Gasteiger partial charge in [0, 0.05) is 6.07 Å². The molecule has 0 unspecified atom stereocenters. The van der Waals surface area contributed by atoms with Crippen LogP contribution in [0.1, 0.15) is 15.2 Å². The fraction of sp³-hybridized carbons (Fsp3) is 0. The van der Waals surface area contributed by atoms with E-state index in [1.165, 1.54) is 6.21 Å². The summed E-state index contributed by atoms with van der Waals surface area (Å²) in [4.78, 5) is 20.9. The van der Waals surface area contributed by atoms with E-state index in [1.807, 2.05) is 30.3 Å². The molecule has 0 radical (unpaired) electrons. The van der Waals surface area contributed by atoms with Crippen molar-refractivity contribution in [2.24, 2.45) is 5.10 Å².